The van der Waals surface area contributed by atoms with E-state index < -0.39 is 17.6 Å². The molecule has 0 heterocycles. The van der Waals surface area contributed by atoms with Gasteiger partial charge in [-0.15, -0.1) is 0 Å². The van der Waals surface area contributed by atoms with E-state index in [-0.39, 0.29) is 33.0 Å². The van der Waals surface area contributed by atoms with Crippen molar-refractivity contribution in [1.82, 2.24) is 0 Å². The molecule has 7 heteroatoms. The molecule has 0 saturated heterocycles. The maximum atomic E-state index is 13.7. The molecule has 3 aromatic carbocycles. The van der Waals surface area contributed by atoms with Gasteiger partial charge in [0.2, 0.25) is 0 Å². The fraction of sp³-hybridized carbons (Fsp3) is 0.535. The van der Waals surface area contributed by atoms with E-state index in [0.717, 1.165) is 33.8 Å². The zero-order chi connectivity index (χ0) is 38.2. The number of rotatable bonds is 9. The molecule has 0 spiro atoms. The molecule has 0 aliphatic rings. The predicted octanol–water partition coefficient (Wildman–Crippen LogP) is 9.52. The first-order valence-electron chi connectivity index (χ1n) is 17.5. The number of methoxy groups -OCH3 is 3. The molecule has 7 nitrogen and oxygen atoms in total. The summed E-state index contributed by atoms with van der Waals surface area (Å²) in [6, 6.07) is 12.1. The van der Waals surface area contributed by atoms with Crippen LogP contribution in [0.15, 0.2) is 47.5 Å². The number of carbonyl (C=O) groups is 1. The van der Waals surface area contributed by atoms with Gasteiger partial charge in [0, 0.05) is 34.0 Å². The van der Waals surface area contributed by atoms with Gasteiger partial charge in [-0.25, -0.2) is 4.79 Å². The van der Waals surface area contributed by atoms with Crippen molar-refractivity contribution in [3.63, 3.8) is 0 Å². The van der Waals surface area contributed by atoms with Crippen LogP contribution >= 0.6 is 0 Å². The summed E-state index contributed by atoms with van der Waals surface area (Å²) in [5.41, 5.74) is 2.98. The Labute approximate surface area is 301 Å². The van der Waals surface area contributed by atoms with Crippen LogP contribution in [0, 0.1) is 0 Å². The van der Waals surface area contributed by atoms with Gasteiger partial charge in [0.1, 0.15) is 22.8 Å². The molecule has 0 amide bonds. The lowest BCUT2D eigenvalue weighted by molar-refractivity contribution is 0.0507. The van der Waals surface area contributed by atoms with E-state index in [1.54, 1.807) is 26.5 Å². The van der Waals surface area contributed by atoms with Crippen molar-refractivity contribution < 1.29 is 29.2 Å². The van der Waals surface area contributed by atoms with E-state index in [4.69, 9.17) is 19.2 Å². The van der Waals surface area contributed by atoms with Crippen molar-refractivity contribution in [2.45, 2.75) is 130 Å². The molecule has 0 radical (unpaired) electrons. The van der Waals surface area contributed by atoms with Crippen LogP contribution in [0.2, 0.25) is 0 Å². The SMILES string of the molecule is CCC(N=Cc1cc(C(=O)OC)ccc1O)C(O)(c1cc(C(C)(C)C)c(OC)c(C(C)(C)C)c1)c1cc(C(C)(C)C)c(OC)c(C(C)(C)C)c1. The maximum absolute atomic E-state index is 13.7. The molecule has 0 aromatic heterocycles. The van der Waals surface area contributed by atoms with E-state index in [9.17, 15) is 15.0 Å². The van der Waals surface area contributed by atoms with Crippen LogP contribution < -0.4 is 9.47 Å². The van der Waals surface area contributed by atoms with Crippen LogP contribution in [0.25, 0.3) is 0 Å². The Bertz CT molecular complexity index is 1570. The number of benzene rings is 3. The van der Waals surface area contributed by atoms with Crippen LogP contribution in [0.1, 0.15) is 146 Å². The van der Waals surface area contributed by atoms with E-state index in [1.165, 1.54) is 19.2 Å². The van der Waals surface area contributed by atoms with Gasteiger partial charge in [0.15, 0.2) is 0 Å². The average Bonchev–Trinajstić information content (AvgIpc) is 3.02. The molecule has 3 aromatic rings. The summed E-state index contributed by atoms with van der Waals surface area (Å²) in [5, 5.41) is 24.5. The first-order chi connectivity index (χ1) is 22.9. The predicted molar refractivity (Wildman–Crippen MR) is 205 cm³/mol. The summed E-state index contributed by atoms with van der Waals surface area (Å²) < 4.78 is 17.1. The van der Waals surface area contributed by atoms with Gasteiger partial charge in [-0.2, -0.15) is 0 Å². The van der Waals surface area contributed by atoms with Crippen molar-refractivity contribution in [1.29, 1.82) is 0 Å². The topological polar surface area (TPSA) is 97.6 Å². The summed E-state index contributed by atoms with van der Waals surface area (Å²) in [4.78, 5) is 17.4. The smallest absolute Gasteiger partial charge is 0.337 e. The van der Waals surface area contributed by atoms with E-state index in [2.05, 4.69) is 107 Å². The molecule has 1 atom stereocenters. The molecular formula is C43H61NO6. The number of aliphatic hydroxyl groups is 1. The molecule has 0 fully saturated rings. The Hall–Kier alpha value is -3.84. The largest absolute Gasteiger partial charge is 0.507 e. The van der Waals surface area contributed by atoms with E-state index >= 15 is 0 Å². The Balaban J connectivity index is 2.60. The zero-order valence-electron chi connectivity index (χ0n) is 33.4. The van der Waals surface area contributed by atoms with Crippen LogP contribution in [0.5, 0.6) is 17.2 Å². The second-order valence-corrected chi connectivity index (χ2v) is 17.4. The fourth-order valence-corrected chi connectivity index (χ4v) is 6.50. The van der Waals surface area contributed by atoms with E-state index in [1.807, 2.05) is 6.92 Å². The number of hydrogen-bond donors (Lipinski definition) is 2. The maximum Gasteiger partial charge on any atom is 0.337 e. The highest BCUT2D eigenvalue weighted by Crippen LogP contribution is 2.49. The van der Waals surface area contributed by atoms with Crippen LogP contribution in [0.3, 0.4) is 0 Å². The molecule has 2 N–H and O–H groups in total. The number of phenols is 1. The van der Waals surface area contributed by atoms with Gasteiger partial charge in [0.05, 0.1) is 32.9 Å². The summed E-state index contributed by atoms with van der Waals surface area (Å²) in [6.07, 6.45) is 1.99. The Morgan fingerprint density at radius 3 is 1.38 bits per heavy atom. The highest BCUT2D eigenvalue weighted by molar-refractivity contribution is 5.93. The van der Waals surface area contributed by atoms with Gasteiger partial charge in [0.25, 0.3) is 0 Å². The van der Waals surface area contributed by atoms with Gasteiger partial charge in [-0.1, -0.05) is 90.0 Å². The van der Waals surface area contributed by atoms with Gasteiger partial charge in [-0.05, 0) is 81.7 Å². The standard InChI is InChI=1S/C43H61NO6/c1-17-35(44-25-27-20-26(38(46)50-16)18-19-34(27)45)43(47,28-21-30(39(2,3)4)36(48-14)31(22-28)40(5,6)7)29-23-32(41(8,9)10)37(49-15)33(24-29)42(11,12)13/h18-25,35,45,47H,17H2,1-16H3. The van der Waals surface area contributed by atoms with Crippen LogP contribution in [0.4, 0.5) is 0 Å². The van der Waals surface area contributed by atoms with Crippen molar-refractivity contribution in [3.05, 3.63) is 87.0 Å². The summed E-state index contributed by atoms with van der Waals surface area (Å²) in [5.74, 6) is 1.05. The number of ether oxygens (including phenoxy) is 3. The van der Waals surface area contributed by atoms with Crippen molar-refractivity contribution in [2.75, 3.05) is 21.3 Å². The Morgan fingerprint density at radius 1 is 0.700 bits per heavy atom. The summed E-state index contributed by atoms with van der Waals surface area (Å²) >= 11 is 0. The number of esters is 1. The molecule has 0 aliphatic carbocycles. The number of aromatic hydroxyl groups is 1. The van der Waals surface area contributed by atoms with Gasteiger partial charge >= 0.3 is 5.97 Å². The minimum atomic E-state index is -1.65. The number of nitrogens with zero attached hydrogens (tertiary/aromatic N) is 1. The number of aliphatic imine (C=N–C) groups is 1. The summed E-state index contributed by atoms with van der Waals surface area (Å²) in [6.45, 7) is 27.8. The van der Waals surface area contributed by atoms with Crippen molar-refractivity contribution in [2.24, 2.45) is 4.99 Å². The lowest BCUT2D eigenvalue weighted by Gasteiger charge is -2.40. The molecule has 0 saturated carbocycles. The molecule has 3 rings (SSSR count). The third-order valence-electron chi connectivity index (χ3n) is 9.41. The first kappa shape index (κ1) is 40.6. The molecule has 50 heavy (non-hydrogen) atoms. The third kappa shape index (κ3) is 8.20. The summed E-state index contributed by atoms with van der Waals surface area (Å²) in [7, 11) is 4.72. The third-order valence-corrected chi connectivity index (χ3v) is 9.41. The quantitative estimate of drug-likeness (QED) is 0.172. The van der Waals surface area contributed by atoms with Crippen LogP contribution in [-0.4, -0.2) is 49.8 Å². The normalized spacial score (nSPS) is 13.8. The first-order valence-corrected chi connectivity index (χ1v) is 17.5. The van der Waals surface area contributed by atoms with Gasteiger partial charge < -0.3 is 24.4 Å². The fourth-order valence-electron chi connectivity index (χ4n) is 6.50. The number of hydrogen-bond acceptors (Lipinski definition) is 7. The zero-order valence-corrected chi connectivity index (χ0v) is 33.4. The number of phenolic OH excluding ortho intramolecular Hbond substituents is 1. The Kier molecular flexibility index (Phi) is 11.7. The highest BCUT2D eigenvalue weighted by atomic mass is 16.5. The van der Waals surface area contributed by atoms with Gasteiger partial charge in [-0.3, -0.25) is 4.99 Å². The molecule has 1 unspecified atom stereocenters. The second kappa shape index (κ2) is 14.4. The Morgan fingerprint density at radius 2 is 1.08 bits per heavy atom. The molecule has 274 valence electrons. The number of carbonyl (C=O) groups excluding carboxylic acids is 1. The van der Waals surface area contributed by atoms with Crippen LogP contribution in [-0.2, 0) is 32.0 Å². The van der Waals surface area contributed by atoms with Crippen molar-refractivity contribution >= 4 is 12.2 Å². The minimum Gasteiger partial charge on any atom is -0.507 e. The highest BCUT2D eigenvalue weighted by Gasteiger charge is 2.44. The lowest BCUT2D eigenvalue weighted by Crippen LogP contribution is -2.41. The molecular weight excluding hydrogens is 626 g/mol. The second-order valence-electron chi connectivity index (χ2n) is 17.4. The minimum absolute atomic E-state index is 0.0382. The monoisotopic (exact) mass is 687 g/mol. The molecule has 0 aliphatic heterocycles. The molecule has 0 bridgehead atoms. The lowest BCUT2D eigenvalue weighted by atomic mass is 9.70. The van der Waals surface area contributed by atoms with Crippen molar-refractivity contribution in [3.8, 4) is 17.2 Å². The average molecular weight is 688 g/mol. The van der Waals surface area contributed by atoms with E-state index in [0.29, 0.717) is 23.1 Å².